The topological polar surface area (TPSA) is 43.4 Å². The van der Waals surface area contributed by atoms with Gasteiger partial charge in [0.15, 0.2) is 0 Å². The van der Waals surface area contributed by atoms with Crippen LogP contribution in [0.4, 0.5) is 0 Å². The summed E-state index contributed by atoms with van der Waals surface area (Å²) in [5.74, 6) is -0.433. The van der Waals surface area contributed by atoms with E-state index in [-0.39, 0.29) is 0 Å². The molecule has 0 aliphatic carbocycles. The van der Waals surface area contributed by atoms with Gasteiger partial charge >= 0.3 is 5.97 Å². The minimum atomic E-state index is -0.541. The molecule has 0 aromatic heterocycles. The van der Waals surface area contributed by atoms with E-state index in [2.05, 4.69) is 15.9 Å². The molecule has 4 heteroatoms. The molecule has 1 aromatic carbocycles. The zero-order chi connectivity index (χ0) is 14.3. The van der Waals surface area contributed by atoms with Crippen molar-refractivity contribution in [3.8, 4) is 0 Å². The summed E-state index contributed by atoms with van der Waals surface area (Å²) in [4.78, 5) is 22.4. The average molecular weight is 315 g/mol. The predicted molar refractivity (Wildman–Crippen MR) is 76.0 cm³/mol. The molecule has 1 rings (SSSR count). The van der Waals surface area contributed by atoms with Crippen molar-refractivity contribution in [3.63, 3.8) is 0 Å². The van der Waals surface area contributed by atoms with Gasteiger partial charge in [0.25, 0.3) is 0 Å². The zero-order valence-corrected chi connectivity index (χ0v) is 13.0. The van der Waals surface area contributed by atoms with Crippen LogP contribution in [0.3, 0.4) is 0 Å². The lowest BCUT2D eigenvalue weighted by atomic mass is 10.1. The molecule has 1 aromatic rings. The SMILES string of the molecule is CC.CC(C)(C)OC(=O)c1cc(Br)cc(C=O)c1. The number of ether oxygens (including phenoxy) is 1. The average Bonchev–Trinajstić information content (AvgIpc) is 2.28. The van der Waals surface area contributed by atoms with Crippen molar-refractivity contribution in [1.82, 2.24) is 0 Å². The van der Waals surface area contributed by atoms with E-state index < -0.39 is 11.6 Å². The van der Waals surface area contributed by atoms with Crippen LogP contribution >= 0.6 is 15.9 Å². The van der Waals surface area contributed by atoms with E-state index in [0.29, 0.717) is 21.9 Å². The van der Waals surface area contributed by atoms with E-state index in [0.717, 1.165) is 0 Å². The second kappa shape index (κ2) is 7.31. The molecule has 0 amide bonds. The summed E-state index contributed by atoms with van der Waals surface area (Å²) in [6, 6.07) is 4.77. The molecule has 0 heterocycles. The molecule has 0 N–H and O–H groups in total. The quantitative estimate of drug-likeness (QED) is 0.605. The zero-order valence-electron chi connectivity index (χ0n) is 11.4. The van der Waals surface area contributed by atoms with Crippen molar-refractivity contribution < 1.29 is 14.3 Å². The number of carbonyl (C=O) groups excluding carboxylic acids is 2. The first-order chi connectivity index (χ1) is 8.31. The van der Waals surface area contributed by atoms with Crippen LogP contribution in [0.5, 0.6) is 0 Å². The van der Waals surface area contributed by atoms with Crippen molar-refractivity contribution in [2.24, 2.45) is 0 Å². The van der Waals surface area contributed by atoms with Gasteiger partial charge < -0.3 is 4.74 Å². The lowest BCUT2D eigenvalue weighted by Gasteiger charge is -2.19. The molecule has 0 saturated heterocycles. The van der Waals surface area contributed by atoms with Crippen molar-refractivity contribution in [3.05, 3.63) is 33.8 Å². The lowest BCUT2D eigenvalue weighted by Crippen LogP contribution is -2.23. The smallest absolute Gasteiger partial charge is 0.338 e. The molecule has 0 aliphatic rings. The van der Waals surface area contributed by atoms with E-state index in [1.54, 1.807) is 32.9 Å². The Hall–Kier alpha value is -1.16. The Labute approximate surface area is 117 Å². The highest BCUT2D eigenvalue weighted by Crippen LogP contribution is 2.18. The molecule has 0 bridgehead atoms. The van der Waals surface area contributed by atoms with Gasteiger partial charge in [-0.15, -0.1) is 0 Å². The number of aldehydes is 1. The van der Waals surface area contributed by atoms with E-state index in [1.807, 2.05) is 13.8 Å². The molecule has 18 heavy (non-hydrogen) atoms. The number of carbonyl (C=O) groups is 2. The third kappa shape index (κ3) is 5.96. The molecule has 100 valence electrons. The summed E-state index contributed by atoms with van der Waals surface area (Å²) >= 11 is 3.24. The van der Waals surface area contributed by atoms with E-state index in [1.165, 1.54) is 6.07 Å². The molecule has 0 radical (unpaired) electrons. The summed E-state index contributed by atoms with van der Waals surface area (Å²) in [5.41, 5.74) is 0.266. The summed E-state index contributed by atoms with van der Waals surface area (Å²) in [6.45, 7) is 9.39. The van der Waals surface area contributed by atoms with Gasteiger partial charge in [-0.3, -0.25) is 4.79 Å². The number of hydrogen-bond acceptors (Lipinski definition) is 3. The van der Waals surface area contributed by atoms with Crippen LogP contribution in [0.2, 0.25) is 0 Å². The van der Waals surface area contributed by atoms with E-state index in [9.17, 15) is 9.59 Å². The summed E-state index contributed by atoms with van der Waals surface area (Å²) in [5, 5.41) is 0. The summed E-state index contributed by atoms with van der Waals surface area (Å²) < 4.78 is 5.88. The minimum absolute atomic E-state index is 0.367. The van der Waals surface area contributed by atoms with Crippen LogP contribution in [-0.2, 0) is 4.74 Å². The first-order valence-electron chi connectivity index (χ1n) is 5.81. The van der Waals surface area contributed by atoms with Crippen LogP contribution in [0.1, 0.15) is 55.3 Å². The number of hydrogen-bond donors (Lipinski definition) is 0. The normalized spacial score (nSPS) is 10.1. The molecule has 0 atom stereocenters. The van der Waals surface area contributed by atoms with Gasteiger partial charge in [-0.25, -0.2) is 4.79 Å². The maximum atomic E-state index is 11.7. The Balaban J connectivity index is 0.00000137. The largest absolute Gasteiger partial charge is 0.456 e. The van der Waals surface area contributed by atoms with Crippen molar-refractivity contribution in [2.45, 2.75) is 40.2 Å². The molecule has 0 spiro atoms. The highest BCUT2D eigenvalue weighted by atomic mass is 79.9. The molecular weight excluding hydrogens is 296 g/mol. The third-order valence-electron chi connectivity index (χ3n) is 1.69. The number of esters is 1. The Bertz CT molecular complexity index is 420. The molecule has 3 nitrogen and oxygen atoms in total. The monoisotopic (exact) mass is 314 g/mol. The molecule has 0 aliphatic heterocycles. The lowest BCUT2D eigenvalue weighted by molar-refractivity contribution is 0.00694. The standard InChI is InChI=1S/C12H13BrO3.C2H6/c1-12(2,3)16-11(15)9-4-8(7-14)5-10(13)6-9;1-2/h4-7H,1-3H3;1-2H3. The fraction of sp³-hybridized carbons (Fsp3) is 0.429. The van der Waals surface area contributed by atoms with Crippen LogP contribution in [0.25, 0.3) is 0 Å². The second-order valence-electron chi connectivity index (χ2n) is 4.39. The molecule has 0 unspecified atom stereocenters. The third-order valence-corrected chi connectivity index (χ3v) is 2.15. The van der Waals surface area contributed by atoms with Gasteiger partial charge in [0.05, 0.1) is 5.56 Å². The van der Waals surface area contributed by atoms with Gasteiger partial charge in [0.2, 0.25) is 0 Å². The first-order valence-corrected chi connectivity index (χ1v) is 6.60. The van der Waals surface area contributed by atoms with Crippen LogP contribution in [-0.4, -0.2) is 17.9 Å². The van der Waals surface area contributed by atoms with Gasteiger partial charge in [-0.05, 0) is 39.0 Å². The number of benzene rings is 1. The maximum Gasteiger partial charge on any atom is 0.338 e. The Kier molecular flexibility index (Phi) is 6.84. The second-order valence-corrected chi connectivity index (χ2v) is 5.31. The molecular formula is C14H19BrO3. The Morgan fingerprint density at radius 2 is 1.78 bits per heavy atom. The van der Waals surface area contributed by atoms with Crippen LogP contribution in [0.15, 0.2) is 22.7 Å². The van der Waals surface area contributed by atoms with Gasteiger partial charge in [0, 0.05) is 10.0 Å². The van der Waals surface area contributed by atoms with Gasteiger partial charge in [-0.1, -0.05) is 29.8 Å². The Morgan fingerprint density at radius 3 is 2.22 bits per heavy atom. The van der Waals surface area contributed by atoms with Crippen LogP contribution < -0.4 is 0 Å². The molecule has 0 fully saturated rings. The predicted octanol–water partition coefficient (Wildman–Crippen LogP) is 4.24. The fourth-order valence-corrected chi connectivity index (χ4v) is 1.65. The summed E-state index contributed by atoms with van der Waals surface area (Å²) in [6.07, 6.45) is 0.693. The van der Waals surface area contributed by atoms with E-state index in [4.69, 9.17) is 4.74 Å². The molecule has 0 saturated carbocycles. The Morgan fingerprint density at radius 1 is 1.22 bits per heavy atom. The highest BCUT2D eigenvalue weighted by molar-refractivity contribution is 9.10. The van der Waals surface area contributed by atoms with Gasteiger partial charge in [0.1, 0.15) is 11.9 Å². The number of rotatable bonds is 2. The maximum absolute atomic E-state index is 11.7. The highest BCUT2D eigenvalue weighted by Gasteiger charge is 2.18. The summed E-state index contributed by atoms with van der Waals surface area (Å²) in [7, 11) is 0. The number of halogens is 1. The van der Waals surface area contributed by atoms with E-state index >= 15 is 0 Å². The van der Waals surface area contributed by atoms with Crippen molar-refractivity contribution in [1.29, 1.82) is 0 Å². The minimum Gasteiger partial charge on any atom is -0.456 e. The fourth-order valence-electron chi connectivity index (χ4n) is 1.14. The van der Waals surface area contributed by atoms with Crippen LogP contribution in [0, 0.1) is 0 Å². The van der Waals surface area contributed by atoms with Gasteiger partial charge in [-0.2, -0.15) is 0 Å². The van der Waals surface area contributed by atoms with Crippen molar-refractivity contribution >= 4 is 28.2 Å². The van der Waals surface area contributed by atoms with Crippen molar-refractivity contribution in [2.75, 3.05) is 0 Å². The first kappa shape index (κ1) is 16.8.